The molecule has 0 amide bonds. The molecule has 1 heterocycles. The minimum absolute atomic E-state index is 0.233. The number of fused-ring (bicyclic) bond motifs is 2. The Morgan fingerprint density at radius 3 is 2.71 bits per heavy atom. The molecule has 1 aromatic rings. The maximum Gasteiger partial charge on any atom is 0.123 e. The van der Waals surface area contributed by atoms with Crippen molar-refractivity contribution in [2.24, 2.45) is 23.0 Å². The third-order valence-corrected chi connectivity index (χ3v) is 5.24. The first-order valence-electron chi connectivity index (χ1n) is 6.49. The predicted octanol–water partition coefficient (Wildman–Crippen LogP) is 2.57. The quantitative estimate of drug-likeness (QED) is 0.806. The highest BCUT2D eigenvalue weighted by Gasteiger charge is 2.74. The minimum Gasteiger partial charge on any atom is -0.493 e. The molecular formula is C15H21NO. The number of nitrogens with two attached hydrogens (primary N) is 1. The van der Waals surface area contributed by atoms with Crippen molar-refractivity contribution < 1.29 is 4.74 Å². The molecule has 3 atom stereocenters. The molecule has 1 fully saturated rings. The van der Waals surface area contributed by atoms with E-state index in [4.69, 9.17) is 10.5 Å². The van der Waals surface area contributed by atoms with Crippen LogP contribution in [0.5, 0.6) is 5.75 Å². The van der Waals surface area contributed by atoms with Crippen molar-refractivity contribution in [1.29, 1.82) is 0 Å². The van der Waals surface area contributed by atoms with Gasteiger partial charge in [0.2, 0.25) is 0 Å². The zero-order chi connectivity index (χ0) is 12.3. The molecule has 2 heteroatoms. The second-order valence-corrected chi connectivity index (χ2v) is 6.09. The summed E-state index contributed by atoms with van der Waals surface area (Å²) >= 11 is 0. The lowest BCUT2D eigenvalue weighted by molar-refractivity contribution is 0.173. The van der Waals surface area contributed by atoms with Crippen LogP contribution in [0.2, 0.25) is 0 Å². The van der Waals surface area contributed by atoms with Crippen LogP contribution in [-0.2, 0) is 5.41 Å². The number of rotatable bonds is 1. The van der Waals surface area contributed by atoms with Gasteiger partial charge in [-0.3, -0.25) is 0 Å². The van der Waals surface area contributed by atoms with Crippen molar-refractivity contribution in [3.8, 4) is 5.75 Å². The molecule has 17 heavy (non-hydrogen) atoms. The predicted molar refractivity (Wildman–Crippen MR) is 69.1 cm³/mol. The van der Waals surface area contributed by atoms with Crippen molar-refractivity contribution in [3.05, 3.63) is 29.8 Å². The van der Waals surface area contributed by atoms with E-state index in [1.807, 2.05) is 0 Å². The molecule has 0 bridgehead atoms. The van der Waals surface area contributed by atoms with Gasteiger partial charge in [0.25, 0.3) is 0 Å². The summed E-state index contributed by atoms with van der Waals surface area (Å²) in [5, 5.41) is 0. The van der Waals surface area contributed by atoms with Crippen molar-refractivity contribution in [2.45, 2.75) is 26.2 Å². The third-order valence-electron chi connectivity index (χ3n) is 5.24. The van der Waals surface area contributed by atoms with E-state index in [0.29, 0.717) is 17.3 Å². The van der Waals surface area contributed by atoms with Gasteiger partial charge in [0.1, 0.15) is 5.75 Å². The Labute approximate surface area is 103 Å². The number of ether oxygens (including phenoxy) is 1. The SMILES string of the molecule is CC1COc2ccccc2C12C(CN)C2(C)C. The first-order chi connectivity index (χ1) is 8.06. The van der Waals surface area contributed by atoms with Crippen LogP contribution in [0, 0.1) is 17.3 Å². The molecule has 3 rings (SSSR count). The lowest BCUT2D eigenvalue weighted by Crippen LogP contribution is -2.34. The largest absolute Gasteiger partial charge is 0.493 e. The molecule has 2 nitrogen and oxygen atoms in total. The second-order valence-electron chi connectivity index (χ2n) is 6.09. The van der Waals surface area contributed by atoms with Gasteiger partial charge in [0, 0.05) is 16.9 Å². The molecule has 3 unspecified atom stereocenters. The fourth-order valence-electron chi connectivity index (χ4n) is 4.45. The van der Waals surface area contributed by atoms with E-state index in [1.165, 1.54) is 5.56 Å². The second kappa shape index (κ2) is 3.26. The first kappa shape index (κ1) is 11.1. The molecule has 1 aromatic carbocycles. The van der Waals surface area contributed by atoms with Gasteiger partial charge >= 0.3 is 0 Å². The van der Waals surface area contributed by atoms with Gasteiger partial charge < -0.3 is 10.5 Å². The van der Waals surface area contributed by atoms with Crippen LogP contribution in [0.25, 0.3) is 0 Å². The summed E-state index contributed by atoms with van der Waals surface area (Å²) in [5.74, 6) is 2.19. The van der Waals surface area contributed by atoms with Gasteiger partial charge in [0.05, 0.1) is 6.61 Å². The fraction of sp³-hybridized carbons (Fsp3) is 0.600. The Morgan fingerprint density at radius 1 is 1.35 bits per heavy atom. The van der Waals surface area contributed by atoms with Crippen LogP contribution in [0.1, 0.15) is 26.3 Å². The lowest BCUT2D eigenvalue weighted by atomic mass is 9.76. The highest BCUT2D eigenvalue weighted by Crippen LogP contribution is 2.74. The van der Waals surface area contributed by atoms with Crippen molar-refractivity contribution in [3.63, 3.8) is 0 Å². The Morgan fingerprint density at radius 2 is 2.06 bits per heavy atom. The van der Waals surface area contributed by atoms with Crippen LogP contribution in [0.3, 0.4) is 0 Å². The molecule has 92 valence electrons. The molecule has 2 aliphatic rings. The third kappa shape index (κ3) is 1.10. The molecule has 1 aliphatic heterocycles. The van der Waals surface area contributed by atoms with Crippen LogP contribution < -0.4 is 10.5 Å². The highest BCUT2D eigenvalue weighted by atomic mass is 16.5. The molecule has 0 radical (unpaired) electrons. The maximum atomic E-state index is 5.99. The Hall–Kier alpha value is -1.02. The molecular weight excluding hydrogens is 210 g/mol. The summed E-state index contributed by atoms with van der Waals surface area (Å²) < 4.78 is 5.86. The summed E-state index contributed by atoms with van der Waals surface area (Å²) in [6.45, 7) is 8.59. The van der Waals surface area contributed by atoms with Crippen molar-refractivity contribution >= 4 is 0 Å². The number of para-hydroxylation sites is 1. The average Bonchev–Trinajstić information content (AvgIpc) is 2.82. The van der Waals surface area contributed by atoms with Gasteiger partial charge in [-0.25, -0.2) is 0 Å². The zero-order valence-corrected chi connectivity index (χ0v) is 10.9. The number of benzene rings is 1. The van der Waals surface area contributed by atoms with Crippen LogP contribution >= 0.6 is 0 Å². The molecule has 1 spiro atoms. The lowest BCUT2D eigenvalue weighted by Gasteiger charge is -2.35. The van der Waals surface area contributed by atoms with Gasteiger partial charge in [-0.05, 0) is 23.9 Å². The van der Waals surface area contributed by atoms with Crippen LogP contribution in [0.15, 0.2) is 24.3 Å². The summed E-state index contributed by atoms with van der Waals surface area (Å²) in [6.07, 6.45) is 0. The van der Waals surface area contributed by atoms with E-state index in [2.05, 4.69) is 45.0 Å². The molecule has 1 saturated carbocycles. The van der Waals surface area contributed by atoms with Gasteiger partial charge in [-0.2, -0.15) is 0 Å². The van der Waals surface area contributed by atoms with E-state index in [0.717, 1.165) is 18.9 Å². The summed E-state index contributed by atoms with van der Waals surface area (Å²) in [4.78, 5) is 0. The van der Waals surface area contributed by atoms with Gasteiger partial charge in [-0.1, -0.05) is 39.0 Å². The van der Waals surface area contributed by atoms with Crippen molar-refractivity contribution in [2.75, 3.05) is 13.2 Å². The van der Waals surface area contributed by atoms with Crippen LogP contribution in [-0.4, -0.2) is 13.2 Å². The Balaban J connectivity index is 2.18. The molecule has 1 aliphatic carbocycles. The zero-order valence-electron chi connectivity index (χ0n) is 10.9. The van der Waals surface area contributed by atoms with E-state index in [1.54, 1.807) is 0 Å². The van der Waals surface area contributed by atoms with E-state index in [9.17, 15) is 0 Å². The fourth-order valence-corrected chi connectivity index (χ4v) is 4.45. The van der Waals surface area contributed by atoms with Crippen molar-refractivity contribution in [1.82, 2.24) is 0 Å². The highest BCUT2D eigenvalue weighted by molar-refractivity contribution is 5.51. The topological polar surface area (TPSA) is 35.2 Å². The van der Waals surface area contributed by atoms with E-state index < -0.39 is 0 Å². The number of hydrogen-bond acceptors (Lipinski definition) is 2. The molecule has 0 saturated heterocycles. The van der Waals surface area contributed by atoms with Gasteiger partial charge in [0.15, 0.2) is 0 Å². The average molecular weight is 231 g/mol. The van der Waals surface area contributed by atoms with Crippen LogP contribution in [0.4, 0.5) is 0 Å². The normalized spacial score (nSPS) is 37.4. The summed E-state index contributed by atoms with van der Waals surface area (Å²) in [7, 11) is 0. The monoisotopic (exact) mass is 231 g/mol. The maximum absolute atomic E-state index is 5.99. The van der Waals surface area contributed by atoms with E-state index >= 15 is 0 Å². The standard InChI is InChI=1S/C15H21NO/c1-10-9-17-12-7-5-4-6-11(12)15(10)13(8-16)14(15,2)3/h4-7,10,13H,8-9,16H2,1-3H3. The van der Waals surface area contributed by atoms with E-state index in [-0.39, 0.29) is 5.41 Å². The minimum atomic E-state index is 0.233. The smallest absolute Gasteiger partial charge is 0.123 e. The summed E-state index contributed by atoms with van der Waals surface area (Å²) in [5.41, 5.74) is 7.89. The van der Waals surface area contributed by atoms with Gasteiger partial charge in [-0.15, -0.1) is 0 Å². The Kier molecular flexibility index (Phi) is 2.13. The molecule has 0 aromatic heterocycles. The molecule has 2 N–H and O–H groups in total. The first-order valence-corrected chi connectivity index (χ1v) is 6.49. The summed E-state index contributed by atoms with van der Waals surface area (Å²) in [6, 6.07) is 8.48. The number of hydrogen-bond donors (Lipinski definition) is 1. The Bertz CT molecular complexity index is 454.